The zero-order chi connectivity index (χ0) is 24.3. The van der Waals surface area contributed by atoms with Crippen molar-refractivity contribution in [3.63, 3.8) is 0 Å². The molecule has 2 aliphatic rings. The number of hydrogen-bond donors (Lipinski definition) is 0. The first-order valence-corrected chi connectivity index (χ1v) is 14.1. The molecule has 3 rings (SSSR count). The molecule has 190 valence electrons. The fraction of sp³-hybridized carbons (Fsp3) is 0.704. The van der Waals surface area contributed by atoms with E-state index in [1.807, 2.05) is 12.1 Å². The van der Waals surface area contributed by atoms with Gasteiger partial charge in [-0.15, -0.1) is 22.9 Å². The molecule has 1 saturated heterocycles. The molecule has 0 aromatic carbocycles. The number of allylic oxidation sites excluding steroid dienone is 1. The molecule has 2 heterocycles. The van der Waals surface area contributed by atoms with E-state index in [1.165, 1.54) is 23.3 Å². The SMILES string of the molecule is CCCCCC(=O)/C=C/C1[C@@H](CCCc2ccc(C(=O)OC)s2)C(Cl)C[C@H]1OC1CCCCO1. The van der Waals surface area contributed by atoms with Gasteiger partial charge in [0.15, 0.2) is 12.1 Å². The molecule has 0 spiro atoms. The van der Waals surface area contributed by atoms with Crippen LogP contribution in [0.5, 0.6) is 0 Å². The predicted molar refractivity (Wildman–Crippen MR) is 137 cm³/mol. The van der Waals surface area contributed by atoms with E-state index in [0.717, 1.165) is 70.8 Å². The quantitative estimate of drug-likeness (QED) is 0.127. The van der Waals surface area contributed by atoms with E-state index in [0.29, 0.717) is 11.3 Å². The second kappa shape index (κ2) is 14.4. The molecule has 1 aromatic rings. The number of thiophene rings is 1. The largest absolute Gasteiger partial charge is 0.465 e. The van der Waals surface area contributed by atoms with Crippen LogP contribution >= 0.6 is 22.9 Å². The number of carbonyl (C=O) groups is 2. The smallest absolute Gasteiger partial charge is 0.348 e. The molecule has 3 unspecified atom stereocenters. The Labute approximate surface area is 213 Å². The summed E-state index contributed by atoms with van der Waals surface area (Å²) in [5.41, 5.74) is 0. The standard InChI is InChI=1S/C27H39ClO5S/c1-3-4-5-9-19(29)13-15-22-21(11-8-10-20-14-16-25(34-20)27(30)31-2)23(28)18-24(22)33-26-12-6-7-17-32-26/h13-16,21-24,26H,3-12,17-18H2,1-2H3/b15-13+/t21-,22?,23?,24-,26?/m1/s1. The van der Waals surface area contributed by atoms with Gasteiger partial charge in [0.05, 0.1) is 13.2 Å². The van der Waals surface area contributed by atoms with Gasteiger partial charge in [-0.25, -0.2) is 4.79 Å². The lowest BCUT2D eigenvalue weighted by molar-refractivity contribution is -0.192. The van der Waals surface area contributed by atoms with E-state index in [9.17, 15) is 9.59 Å². The minimum absolute atomic E-state index is 0.00685. The number of alkyl halides is 1. The van der Waals surface area contributed by atoms with E-state index < -0.39 is 0 Å². The van der Waals surface area contributed by atoms with Crippen LogP contribution in [-0.2, 0) is 25.4 Å². The molecule has 0 amide bonds. The lowest BCUT2D eigenvalue weighted by Crippen LogP contribution is -2.30. The zero-order valence-electron chi connectivity index (χ0n) is 20.5. The average Bonchev–Trinajstić information content (AvgIpc) is 3.42. The monoisotopic (exact) mass is 510 g/mol. The van der Waals surface area contributed by atoms with Gasteiger partial charge in [-0.05, 0) is 75.5 Å². The number of rotatable bonds is 13. The molecule has 7 heteroatoms. The first-order chi connectivity index (χ1) is 16.5. The van der Waals surface area contributed by atoms with Crippen molar-refractivity contribution in [2.45, 2.75) is 95.3 Å². The maximum absolute atomic E-state index is 12.4. The van der Waals surface area contributed by atoms with Crippen molar-refractivity contribution in [1.29, 1.82) is 0 Å². The van der Waals surface area contributed by atoms with Gasteiger partial charge >= 0.3 is 5.97 Å². The third-order valence-electron chi connectivity index (χ3n) is 6.85. The number of ketones is 1. The number of unbranched alkanes of at least 4 members (excludes halogenated alkanes) is 2. The summed E-state index contributed by atoms with van der Waals surface area (Å²) in [6.07, 6.45) is 14.1. The van der Waals surface area contributed by atoms with E-state index in [2.05, 4.69) is 13.0 Å². The highest BCUT2D eigenvalue weighted by atomic mass is 35.5. The average molecular weight is 511 g/mol. The number of methoxy groups -OCH3 is 1. The minimum Gasteiger partial charge on any atom is -0.465 e. The fourth-order valence-corrected chi connectivity index (χ4v) is 6.39. The summed E-state index contributed by atoms with van der Waals surface area (Å²) in [6.45, 7) is 2.89. The normalized spacial score (nSPS) is 27.3. The maximum atomic E-state index is 12.4. The summed E-state index contributed by atoms with van der Waals surface area (Å²) in [7, 11) is 1.40. The topological polar surface area (TPSA) is 61.8 Å². The van der Waals surface area contributed by atoms with Crippen molar-refractivity contribution in [2.75, 3.05) is 13.7 Å². The first kappa shape index (κ1) is 27.4. The molecular formula is C27H39ClO5S. The molecule has 5 nitrogen and oxygen atoms in total. The van der Waals surface area contributed by atoms with E-state index >= 15 is 0 Å². The lowest BCUT2D eigenvalue weighted by atomic mass is 9.89. The molecule has 1 aliphatic carbocycles. The van der Waals surface area contributed by atoms with Crippen LogP contribution in [0, 0.1) is 11.8 Å². The molecular weight excluding hydrogens is 472 g/mol. The Hall–Kier alpha value is -1.21. The van der Waals surface area contributed by atoms with Crippen LogP contribution in [0.25, 0.3) is 0 Å². The molecule has 34 heavy (non-hydrogen) atoms. The van der Waals surface area contributed by atoms with E-state index in [1.54, 1.807) is 6.08 Å². The maximum Gasteiger partial charge on any atom is 0.348 e. The Bertz CT molecular complexity index is 801. The van der Waals surface area contributed by atoms with Crippen LogP contribution in [0.2, 0.25) is 0 Å². The van der Waals surface area contributed by atoms with Crippen molar-refractivity contribution in [1.82, 2.24) is 0 Å². The van der Waals surface area contributed by atoms with Crippen LogP contribution < -0.4 is 0 Å². The molecule has 0 N–H and O–H groups in total. The molecule has 5 atom stereocenters. The second-order valence-corrected chi connectivity index (χ2v) is 11.1. The number of halogens is 1. The number of hydrogen-bond acceptors (Lipinski definition) is 6. The summed E-state index contributed by atoms with van der Waals surface area (Å²) in [4.78, 5) is 25.9. The summed E-state index contributed by atoms with van der Waals surface area (Å²) >= 11 is 8.34. The Morgan fingerprint density at radius 3 is 2.82 bits per heavy atom. The Morgan fingerprint density at radius 2 is 2.09 bits per heavy atom. The zero-order valence-corrected chi connectivity index (χ0v) is 22.1. The van der Waals surface area contributed by atoms with Gasteiger partial charge in [0.1, 0.15) is 4.88 Å². The van der Waals surface area contributed by atoms with E-state index in [4.69, 9.17) is 25.8 Å². The summed E-state index contributed by atoms with van der Waals surface area (Å²) in [5.74, 6) is 0.255. The van der Waals surface area contributed by atoms with E-state index in [-0.39, 0.29) is 41.4 Å². The van der Waals surface area contributed by atoms with Gasteiger partial charge in [-0.2, -0.15) is 0 Å². The van der Waals surface area contributed by atoms with Crippen molar-refractivity contribution in [3.05, 3.63) is 34.0 Å². The summed E-state index contributed by atoms with van der Waals surface area (Å²) in [5, 5.41) is 0.00685. The molecule has 0 radical (unpaired) electrons. The predicted octanol–water partition coefficient (Wildman–Crippen LogP) is 6.72. The number of ether oxygens (including phenoxy) is 3. The summed E-state index contributed by atoms with van der Waals surface area (Å²) in [6, 6.07) is 3.83. The Kier molecular flexibility index (Phi) is 11.6. The minimum atomic E-state index is -0.286. The number of aryl methyl sites for hydroxylation is 1. The second-order valence-electron chi connectivity index (χ2n) is 9.40. The van der Waals surface area contributed by atoms with Crippen LogP contribution in [-0.4, -0.2) is 43.2 Å². The van der Waals surface area contributed by atoms with Crippen molar-refractivity contribution < 1.29 is 23.8 Å². The highest BCUT2D eigenvalue weighted by Gasteiger charge is 2.42. The fourth-order valence-electron chi connectivity index (χ4n) is 4.96. The molecule has 1 aromatic heterocycles. The molecule has 1 saturated carbocycles. The van der Waals surface area contributed by atoms with Gasteiger partial charge < -0.3 is 14.2 Å². The van der Waals surface area contributed by atoms with Gasteiger partial charge in [0.2, 0.25) is 0 Å². The number of esters is 1. The molecule has 2 fully saturated rings. The van der Waals surface area contributed by atoms with Gasteiger partial charge in [0, 0.05) is 29.2 Å². The number of carbonyl (C=O) groups excluding carboxylic acids is 2. The van der Waals surface area contributed by atoms with Crippen molar-refractivity contribution in [3.8, 4) is 0 Å². The van der Waals surface area contributed by atoms with Gasteiger partial charge in [-0.1, -0.05) is 25.8 Å². The van der Waals surface area contributed by atoms with Crippen LogP contribution in [0.3, 0.4) is 0 Å². The Balaban J connectivity index is 1.61. The highest BCUT2D eigenvalue weighted by molar-refractivity contribution is 7.13. The van der Waals surface area contributed by atoms with Crippen molar-refractivity contribution >= 4 is 34.7 Å². The third-order valence-corrected chi connectivity index (χ3v) is 8.48. The molecule has 0 bridgehead atoms. The third kappa shape index (κ3) is 8.18. The van der Waals surface area contributed by atoms with Crippen LogP contribution in [0.1, 0.15) is 85.7 Å². The first-order valence-electron chi connectivity index (χ1n) is 12.8. The summed E-state index contributed by atoms with van der Waals surface area (Å²) < 4.78 is 17.0. The van der Waals surface area contributed by atoms with Crippen LogP contribution in [0.15, 0.2) is 24.3 Å². The Morgan fingerprint density at radius 1 is 1.24 bits per heavy atom. The van der Waals surface area contributed by atoms with Crippen LogP contribution in [0.4, 0.5) is 0 Å². The van der Waals surface area contributed by atoms with Gasteiger partial charge in [0.25, 0.3) is 0 Å². The van der Waals surface area contributed by atoms with Crippen molar-refractivity contribution in [2.24, 2.45) is 11.8 Å². The molecule has 1 aliphatic heterocycles. The van der Waals surface area contributed by atoms with Gasteiger partial charge in [-0.3, -0.25) is 4.79 Å². The highest BCUT2D eigenvalue weighted by Crippen LogP contribution is 2.42. The lowest BCUT2D eigenvalue weighted by Gasteiger charge is -2.29.